The topological polar surface area (TPSA) is 85.4 Å². The number of ether oxygens (including phenoxy) is 3. The third-order valence-electron chi connectivity index (χ3n) is 5.53. The van der Waals surface area contributed by atoms with Crippen LogP contribution in [0, 0.1) is 0 Å². The van der Waals surface area contributed by atoms with Gasteiger partial charge in [-0.25, -0.2) is 9.18 Å². The monoisotopic (exact) mass is 512 g/mol. The standard InChI is InChI=1S/C28H33FN2O6/c1-28(2,3)37-27(34)30(4)16-21(15-29)19-35-23-10-11-24-22(14-23)12-13-31(26(24)33)17-25(32)36-18-20-8-6-5-7-9-20/h5-11,14-15H,12-13,16-19H2,1-4H3/b21-15+. The normalized spacial score (nSPS) is 13.6. The predicted octanol–water partition coefficient (Wildman–Crippen LogP) is 4.53. The zero-order valence-corrected chi connectivity index (χ0v) is 21.7. The van der Waals surface area contributed by atoms with Gasteiger partial charge in [-0.1, -0.05) is 30.3 Å². The van der Waals surface area contributed by atoms with Gasteiger partial charge in [0.1, 0.15) is 31.1 Å². The third kappa shape index (κ3) is 8.34. The molecule has 0 radical (unpaired) electrons. The SMILES string of the molecule is CN(C/C(=C\F)COc1ccc2c(c1)CCN(CC(=O)OCc1ccccc1)C2=O)C(=O)OC(C)(C)C. The summed E-state index contributed by atoms with van der Waals surface area (Å²) in [4.78, 5) is 40.0. The highest BCUT2D eigenvalue weighted by molar-refractivity contribution is 5.98. The number of hydrogen-bond acceptors (Lipinski definition) is 6. The quantitative estimate of drug-likeness (QED) is 0.459. The van der Waals surface area contributed by atoms with Gasteiger partial charge in [-0.05, 0) is 56.5 Å². The molecule has 2 aromatic rings. The van der Waals surface area contributed by atoms with Gasteiger partial charge in [-0.15, -0.1) is 0 Å². The fourth-order valence-electron chi connectivity index (χ4n) is 3.69. The smallest absolute Gasteiger partial charge is 0.410 e. The minimum absolute atomic E-state index is 0.00414. The molecule has 0 atom stereocenters. The average molecular weight is 513 g/mol. The molecule has 198 valence electrons. The van der Waals surface area contributed by atoms with Gasteiger partial charge in [0.2, 0.25) is 0 Å². The summed E-state index contributed by atoms with van der Waals surface area (Å²) >= 11 is 0. The number of esters is 1. The highest BCUT2D eigenvalue weighted by Gasteiger charge is 2.27. The Hall–Kier alpha value is -3.88. The molecular weight excluding hydrogens is 479 g/mol. The van der Waals surface area contributed by atoms with Gasteiger partial charge in [0.05, 0.1) is 12.9 Å². The summed E-state index contributed by atoms with van der Waals surface area (Å²) in [5.74, 6) is -0.253. The molecule has 37 heavy (non-hydrogen) atoms. The number of benzene rings is 2. The van der Waals surface area contributed by atoms with E-state index in [9.17, 15) is 18.8 Å². The van der Waals surface area contributed by atoms with Crippen molar-refractivity contribution >= 4 is 18.0 Å². The van der Waals surface area contributed by atoms with Crippen LogP contribution in [0.4, 0.5) is 9.18 Å². The van der Waals surface area contributed by atoms with Crippen molar-refractivity contribution in [3.05, 3.63) is 77.1 Å². The molecule has 0 fully saturated rings. The third-order valence-corrected chi connectivity index (χ3v) is 5.53. The second-order valence-electron chi connectivity index (χ2n) is 9.83. The molecule has 1 aliphatic heterocycles. The molecule has 1 aliphatic rings. The highest BCUT2D eigenvalue weighted by atomic mass is 19.1. The van der Waals surface area contributed by atoms with Crippen molar-refractivity contribution in [2.24, 2.45) is 0 Å². The molecule has 0 aliphatic carbocycles. The maximum absolute atomic E-state index is 13.4. The lowest BCUT2D eigenvalue weighted by Crippen LogP contribution is -2.41. The van der Waals surface area contributed by atoms with Crippen LogP contribution in [0.15, 0.2) is 60.4 Å². The molecule has 0 N–H and O–H groups in total. The summed E-state index contributed by atoms with van der Waals surface area (Å²) < 4.78 is 29.7. The molecule has 0 spiro atoms. The van der Waals surface area contributed by atoms with Crippen molar-refractivity contribution in [3.8, 4) is 5.75 Å². The van der Waals surface area contributed by atoms with Crippen LogP contribution >= 0.6 is 0 Å². The Morgan fingerprint density at radius 1 is 1.14 bits per heavy atom. The minimum Gasteiger partial charge on any atom is -0.489 e. The largest absolute Gasteiger partial charge is 0.489 e. The fraction of sp³-hybridized carbons (Fsp3) is 0.393. The first-order chi connectivity index (χ1) is 17.6. The summed E-state index contributed by atoms with van der Waals surface area (Å²) in [6, 6.07) is 14.3. The van der Waals surface area contributed by atoms with Gasteiger partial charge < -0.3 is 24.0 Å². The van der Waals surface area contributed by atoms with Crippen molar-refractivity contribution in [1.82, 2.24) is 9.80 Å². The Bertz CT molecular complexity index is 1140. The summed E-state index contributed by atoms with van der Waals surface area (Å²) in [5.41, 5.74) is 1.75. The van der Waals surface area contributed by atoms with E-state index in [1.807, 2.05) is 30.3 Å². The zero-order chi connectivity index (χ0) is 27.0. The van der Waals surface area contributed by atoms with Gasteiger partial charge in [0.15, 0.2) is 0 Å². The lowest BCUT2D eigenvalue weighted by molar-refractivity contribution is -0.145. The van der Waals surface area contributed by atoms with Crippen LogP contribution in [0.2, 0.25) is 0 Å². The number of carbonyl (C=O) groups excluding carboxylic acids is 3. The van der Waals surface area contributed by atoms with Gasteiger partial charge in [-0.3, -0.25) is 9.59 Å². The van der Waals surface area contributed by atoms with E-state index in [1.165, 1.54) is 16.8 Å². The molecule has 0 unspecified atom stereocenters. The first-order valence-electron chi connectivity index (χ1n) is 12.0. The lowest BCUT2D eigenvalue weighted by Gasteiger charge is -2.28. The second kappa shape index (κ2) is 12.4. The molecule has 0 saturated carbocycles. The number of nitrogens with zero attached hydrogens (tertiary/aromatic N) is 2. The Morgan fingerprint density at radius 3 is 2.54 bits per heavy atom. The lowest BCUT2D eigenvalue weighted by atomic mass is 9.98. The molecule has 2 amide bonds. The Morgan fingerprint density at radius 2 is 1.86 bits per heavy atom. The zero-order valence-electron chi connectivity index (χ0n) is 21.7. The highest BCUT2D eigenvalue weighted by Crippen LogP contribution is 2.24. The maximum Gasteiger partial charge on any atom is 0.410 e. The average Bonchev–Trinajstić information content (AvgIpc) is 2.86. The van der Waals surface area contributed by atoms with Crippen molar-refractivity contribution in [1.29, 1.82) is 0 Å². The van der Waals surface area contributed by atoms with Gasteiger partial charge in [0.25, 0.3) is 5.91 Å². The van der Waals surface area contributed by atoms with Crippen LogP contribution in [0.3, 0.4) is 0 Å². The Balaban J connectivity index is 1.52. The van der Waals surface area contributed by atoms with Crippen LogP contribution in [0.25, 0.3) is 0 Å². The van der Waals surface area contributed by atoms with Crippen LogP contribution in [-0.4, -0.2) is 66.7 Å². The molecule has 2 aromatic carbocycles. The van der Waals surface area contributed by atoms with Crippen LogP contribution in [0.5, 0.6) is 5.75 Å². The second-order valence-corrected chi connectivity index (χ2v) is 9.83. The number of hydrogen-bond donors (Lipinski definition) is 0. The first-order valence-corrected chi connectivity index (χ1v) is 12.0. The number of carbonyl (C=O) groups is 3. The van der Waals surface area contributed by atoms with Crippen molar-refractivity contribution in [2.75, 3.05) is 33.3 Å². The van der Waals surface area contributed by atoms with E-state index in [1.54, 1.807) is 39.0 Å². The molecule has 1 heterocycles. The van der Waals surface area contributed by atoms with E-state index in [4.69, 9.17) is 14.2 Å². The van der Waals surface area contributed by atoms with E-state index >= 15 is 0 Å². The molecule has 3 rings (SSSR count). The van der Waals surface area contributed by atoms with Gasteiger partial charge >= 0.3 is 12.1 Å². The van der Waals surface area contributed by atoms with E-state index in [0.29, 0.717) is 30.6 Å². The molecule has 9 heteroatoms. The minimum atomic E-state index is -0.653. The number of fused-ring (bicyclic) bond motifs is 1. The number of halogens is 1. The fourth-order valence-corrected chi connectivity index (χ4v) is 3.69. The number of likely N-dealkylation sites (N-methyl/N-ethyl adjacent to an activating group) is 1. The summed E-state index contributed by atoms with van der Waals surface area (Å²) in [6.07, 6.45) is 0.391. The summed E-state index contributed by atoms with van der Waals surface area (Å²) in [7, 11) is 1.52. The molecular formula is C28H33FN2O6. The van der Waals surface area contributed by atoms with Crippen molar-refractivity contribution < 1.29 is 33.0 Å². The molecule has 0 aromatic heterocycles. The number of amides is 2. The van der Waals surface area contributed by atoms with E-state index < -0.39 is 17.7 Å². The van der Waals surface area contributed by atoms with Gasteiger partial charge in [-0.2, -0.15) is 0 Å². The van der Waals surface area contributed by atoms with Crippen molar-refractivity contribution in [3.63, 3.8) is 0 Å². The van der Waals surface area contributed by atoms with Crippen molar-refractivity contribution in [2.45, 2.75) is 39.4 Å². The molecule has 0 saturated heterocycles. The molecule has 0 bridgehead atoms. The van der Waals surface area contributed by atoms with Crippen LogP contribution in [-0.2, 0) is 27.3 Å². The van der Waals surface area contributed by atoms with E-state index in [0.717, 1.165) is 11.1 Å². The van der Waals surface area contributed by atoms with Crippen LogP contribution < -0.4 is 4.74 Å². The first kappa shape index (κ1) is 27.7. The summed E-state index contributed by atoms with van der Waals surface area (Å²) in [5, 5.41) is 0. The van der Waals surface area contributed by atoms with E-state index in [-0.39, 0.29) is 37.8 Å². The predicted molar refractivity (Wildman–Crippen MR) is 136 cm³/mol. The van der Waals surface area contributed by atoms with E-state index in [2.05, 4.69) is 0 Å². The molecule has 8 nitrogen and oxygen atoms in total. The number of rotatable bonds is 9. The Kier molecular flexibility index (Phi) is 9.27. The maximum atomic E-state index is 13.4. The Labute approximate surface area is 216 Å². The summed E-state index contributed by atoms with van der Waals surface area (Å²) in [6.45, 7) is 5.59. The van der Waals surface area contributed by atoms with Crippen LogP contribution in [0.1, 0.15) is 42.3 Å². The van der Waals surface area contributed by atoms with Gasteiger partial charge in [0, 0.05) is 24.7 Å².